The molecule has 0 bridgehead atoms. The van der Waals surface area contributed by atoms with Crippen molar-refractivity contribution < 1.29 is 9.53 Å². The van der Waals surface area contributed by atoms with E-state index in [1.807, 2.05) is 6.07 Å². The SMILES string of the molecule is CC(=O)c1ccc(SC2CCOC2C)cn1. The van der Waals surface area contributed by atoms with Crippen LogP contribution in [0, 0.1) is 0 Å². The van der Waals surface area contributed by atoms with Crippen LogP contribution in [-0.4, -0.2) is 28.7 Å². The van der Waals surface area contributed by atoms with E-state index in [9.17, 15) is 4.79 Å². The molecule has 2 atom stereocenters. The summed E-state index contributed by atoms with van der Waals surface area (Å²) in [4.78, 5) is 16.3. The molecule has 4 heteroatoms. The van der Waals surface area contributed by atoms with Crippen LogP contribution >= 0.6 is 11.8 Å². The Balaban J connectivity index is 2.02. The first-order chi connectivity index (χ1) is 7.66. The van der Waals surface area contributed by atoms with Gasteiger partial charge in [0.2, 0.25) is 0 Å². The minimum Gasteiger partial charge on any atom is -0.377 e. The highest BCUT2D eigenvalue weighted by Gasteiger charge is 2.25. The molecule has 0 spiro atoms. The van der Waals surface area contributed by atoms with Crippen LogP contribution in [0.5, 0.6) is 0 Å². The van der Waals surface area contributed by atoms with Crippen molar-refractivity contribution in [1.29, 1.82) is 0 Å². The third-order valence-electron chi connectivity index (χ3n) is 2.69. The summed E-state index contributed by atoms with van der Waals surface area (Å²) in [5, 5.41) is 0.505. The number of ketones is 1. The van der Waals surface area contributed by atoms with E-state index in [0.717, 1.165) is 17.9 Å². The fourth-order valence-corrected chi connectivity index (χ4v) is 2.79. The number of aromatic nitrogens is 1. The quantitative estimate of drug-likeness (QED) is 0.757. The molecule has 86 valence electrons. The maximum absolute atomic E-state index is 11.1. The Hall–Kier alpha value is -0.870. The van der Waals surface area contributed by atoms with E-state index >= 15 is 0 Å². The highest BCUT2D eigenvalue weighted by Crippen LogP contribution is 2.31. The predicted octanol–water partition coefficient (Wildman–Crippen LogP) is 2.55. The van der Waals surface area contributed by atoms with Crippen LogP contribution in [0.4, 0.5) is 0 Å². The number of hydrogen-bond acceptors (Lipinski definition) is 4. The Morgan fingerprint density at radius 2 is 2.38 bits per heavy atom. The average molecular weight is 237 g/mol. The summed E-state index contributed by atoms with van der Waals surface area (Å²) >= 11 is 1.78. The molecule has 1 saturated heterocycles. The lowest BCUT2D eigenvalue weighted by Crippen LogP contribution is -2.13. The summed E-state index contributed by atoms with van der Waals surface area (Å²) in [6, 6.07) is 3.74. The third-order valence-corrected chi connectivity index (χ3v) is 4.13. The van der Waals surface area contributed by atoms with Crippen LogP contribution < -0.4 is 0 Å². The van der Waals surface area contributed by atoms with E-state index in [1.165, 1.54) is 6.92 Å². The smallest absolute Gasteiger partial charge is 0.178 e. The van der Waals surface area contributed by atoms with Gasteiger partial charge in [0.05, 0.1) is 6.10 Å². The monoisotopic (exact) mass is 237 g/mol. The second kappa shape index (κ2) is 4.97. The normalized spacial score (nSPS) is 24.6. The van der Waals surface area contributed by atoms with Gasteiger partial charge in [-0.15, -0.1) is 11.8 Å². The molecule has 0 amide bonds. The van der Waals surface area contributed by atoms with Gasteiger partial charge in [-0.25, -0.2) is 0 Å². The molecule has 2 rings (SSSR count). The van der Waals surface area contributed by atoms with Gasteiger partial charge in [-0.3, -0.25) is 9.78 Å². The van der Waals surface area contributed by atoms with E-state index < -0.39 is 0 Å². The average Bonchev–Trinajstić information content (AvgIpc) is 2.65. The van der Waals surface area contributed by atoms with Crippen molar-refractivity contribution in [1.82, 2.24) is 4.98 Å². The van der Waals surface area contributed by atoms with E-state index in [-0.39, 0.29) is 5.78 Å². The largest absolute Gasteiger partial charge is 0.377 e. The number of Topliss-reactive ketones (excluding diaryl/α,β-unsaturated/α-hetero) is 1. The zero-order valence-corrected chi connectivity index (χ0v) is 10.3. The number of hydrogen-bond donors (Lipinski definition) is 0. The zero-order chi connectivity index (χ0) is 11.5. The van der Waals surface area contributed by atoms with Gasteiger partial charge in [0.15, 0.2) is 5.78 Å². The molecule has 3 nitrogen and oxygen atoms in total. The molecule has 0 aromatic carbocycles. The third kappa shape index (κ3) is 2.62. The van der Waals surface area contributed by atoms with Gasteiger partial charge in [0.25, 0.3) is 0 Å². The maximum atomic E-state index is 11.1. The van der Waals surface area contributed by atoms with Crippen LogP contribution in [0.1, 0.15) is 30.8 Å². The lowest BCUT2D eigenvalue weighted by atomic mass is 10.3. The summed E-state index contributed by atoms with van der Waals surface area (Å²) in [6.07, 6.45) is 3.16. The molecule has 0 aliphatic carbocycles. The van der Waals surface area contributed by atoms with Crippen molar-refractivity contribution in [2.75, 3.05) is 6.61 Å². The van der Waals surface area contributed by atoms with Gasteiger partial charge < -0.3 is 4.74 Å². The highest BCUT2D eigenvalue weighted by molar-refractivity contribution is 8.00. The Morgan fingerprint density at radius 3 is 2.88 bits per heavy atom. The fourth-order valence-electron chi connectivity index (χ4n) is 1.70. The lowest BCUT2D eigenvalue weighted by molar-refractivity contribution is 0.101. The molecule has 1 aliphatic rings. The van der Waals surface area contributed by atoms with Crippen LogP contribution in [0.2, 0.25) is 0 Å². The van der Waals surface area contributed by atoms with Crippen LogP contribution in [0.3, 0.4) is 0 Å². The molecule has 1 aliphatic heterocycles. The van der Waals surface area contributed by atoms with Gasteiger partial charge in [-0.2, -0.15) is 0 Å². The first-order valence-electron chi connectivity index (χ1n) is 5.42. The summed E-state index contributed by atoms with van der Waals surface area (Å²) in [6.45, 7) is 4.47. The summed E-state index contributed by atoms with van der Waals surface area (Å²) in [5.74, 6) is 0.00844. The summed E-state index contributed by atoms with van der Waals surface area (Å²) < 4.78 is 5.50. The van der Waals surface area contributed by atoms with Gasteiger partial charge in [0, 0.05) is 29.9 Å². The van der Waals surface area contributed by atoms with Crippen molar-refractivity contribution in [3.63, 3.8) is 0 Å². The van der Waals surface area contributed by atoms with Crippen molar-refractivity contribution in [2.24, 2.45) is 0 Å². The Kier molecular flexibility index (Phi) is 3.61. The van der Waals surface area contributed by atoms with Crippen LogP contribution in [0.15, 0.2) is 23.2 Å². The topological polar surface area (TPSA) is 39.2 Å². The first kappa shape index (κ1) is 11.6. The molecule has 0 N–H and O–H groups in total. The van der Waals surface area contributed by atoms with Crippen molar-refractivity contribution in [3.05, 3.63) is 24.0 Å². The molecule has 2 heterocycles. The Bertz CT molecular complexity index is 377. The molecular formula is C12H15NO2S. The number of carbonyl (C=O) groups excluding carboxylic acids is 1. The highest BCUT2D eigenvalue weighted by atomic mass is 32.2. The zero-order valence-electron chi connectivity index (χ0n) is 9.47. The summed E-state index contributed by atoms with van der Waals surface area (Å²) in [5.41, 5.74) is 0.528. The number of ether oxygens (including phenoxy) is 1. The first-order valence-corrected chi connectivity index (χ1v) is 6.30. The second-order valence-electron chi connectivity index (χ2n) is 3.96. The second-order valence-corrected chi connectivity index (χ2v) is 5.27. The number of pyridine rings is 1. The minimum absolute atomic E-state index is 0.00844. The van der Waals surface area contributed by atoms with E-state index in [1.54, 1.807) is 24.0 Å². The maximum Gasteiger partial charge on any atom is 0.178 e. The molecule has 0 saturated carbocycles. The Labute approximate surface area is 99.6 Å². The molecule has 1 fully saturated rings. The van der Waals surface area contributed by atoms with E-state index in [2.05, 4.69) is 11.9 Å². The van der Waals surface area contributed by atoms with Gasteiger partial charge >= 0.3 is 0 Å². The molecule has 2 unspecified atom stereocenters. The molecular weight excluding hydrogens is 222 g/mol. The van der Waals surface area contributed by atoms with Gasteiger partial charge in [-0.05, 0) is 25.5 Å². The number of carbonyl (C=O) groups is 1. The molecule has 1 aromatic rings. The van der Waals surface area contributed by atoms with Gasteiger partial charge in [0.1, 0.15) is 5.69 Å². The fraction of sp³-hybridized carbons (Fsp3) is 0.500. The molecule has 16 heavy (non-hydrogen) atoms. The van der Waals surface area contributed by atoms with Gasteiger partial charge in [-0.1, -0.05) is 0 Å². The number of thioether (sulfide) groups is 1. The Morgan fingerprint density at radius 1 is 1.56 bits per heavy atom. The van der Waals surface area contributed by atoms with Crippen molar-refractivity contribution in [2.45, 2.75) is 36.5 Å². The minimum atomic E-state index is 0.00844. The summed E-state index contributed by atoms with van der Waals surface area (Å²) in [7, 11) is 0. The van der Waals surface area contributed by atoms with Crippen LogP contribution in [-0.2, 0) is 4.74 Å². The molecule has 0 radical (unpaired) electrons. The lowest BCUT2D eigenvalue weighted by Gasteiger charge is -2.12. The van der Waals surface area contributed by atoms with Crippen LogP contribution in [0.25, 0.3) is 0 Å². The van der Waals surface area contributed by atoms with Crippen molar-refractivity contribution in [3.8, 4) is 0 Å². The molecule has 1 aromatic heterocycles. The number of rotatable bonds is 3. The standard InChI is InChI=1S/C12H15NO2S/c1-8(14)11-4-3-10(7-13-11)16-12-5-6-15-9(12)2/h3-4,7,9,12H,5-6H2,1-2H3. The van der Waals surface area contributed by atoms with E-state index in [0.29, 0.717) is 17.0 Å². The predicted molar refractivity (Wildman–Crippen MR) is 63.9 cm³/mol. The van der Waals surface area contributed by atoms with E-state index in [4.69, 9.17) is 4.74 Å². The van der Waals surface area contributed by atoms with Crippen molar-refractivity contribution >= 4 is 17.5 Å². The number of nitrogens with zero attached hydrogens (tertiary/aromatic N) is 1.